The molecule has 0 bridgehead atoms. The van der Waals surface area contributed by atoms with Crippen molar-refractivity contribution >= 4 is 16.9 Å². The van der Waals surface area contributed by atoms with Crippen molar-refractivity contribution in [3.63, 3.8) is 0 Å². The fourth-order valence-corrected chi connectivity index (χ4v) is 1.40. The summed E-state index contributed by atoms with van der Waals surface area (Å²) in [5.41, 5.74) is 0. The summed E-state index contributed by atoms with van der Waals surface area (Å²) in [5.74, 6) is -2.64. The molecule has 0 unspecified atom stereocenters. The topological polar surface area (TPSA) is 17.1 Å². The average molecular weight is 214 g/mol. The maximum atomic E-state index is 12.3. The summed E-state index contributed by atoms with van der Waals surface area (Å²) in [4.78, 5) is 10.4. The number of hydrogen-bond acceptors (Lipinski definition) is 2. The van der Waals surface area contributed by atoms with Crippen molar-refractivity contribution in [2.24, 2.45) is 0 Å². The van der Waals surface area contributed by atoms with Crippen LogP contribution < -0.4 is 0 Å². The first-order chi connectivity index (χ1) is 5.98. The molecule has 0 aromatic heterocycles. The van der Waals surface area contributed by atoms with Crippen LogP contribution in [0.25, 0.3) is 0 Å². The molecule has 0 radical (unpaired) electrons. The third kappa shape index (κ3) is 8.15. The second-order valence-corrected chi connectivity index (χ2v) is 4.06. The van der Waals surface area contributed by atoms with E-state index in [1.165, 1.54) is 6.92 Å². The second-order valence-electron chi connectivity index (χ2n) is 2.79. The molecular weight excluding hydrogens is 201 g/mol. The van der Waals surface area contributed by atoms with Crippen molar-refractivity contribution < 1.29 is 18.0 Å². The van der Waals surface area contributed by atoms with E-state index in [0.717, 1.165) is 11.8 Å². The summed E-state index contributed by atoms with van der Waals surface area (Å²) in [7, 11) is 0. The van der Waals surface area contributed by atoms with Crippen LogP contribution >= 0.6 is 11.8 Å². The highest BCUT2D eigenvalue weighted by Gasteiger charge is 2.27. The van der Waals surface area contributed by atoms with Crippen molar-refractivity contribution in [2.45, 2.75) is 32.1 Å². The van der Waals surface area contributed by atoms with Gasteiger partial charge in [0.15, 0.2) is 11.8 Å². The standard InChI is InChI=1S/C8H13F3OS/c1-7(12)13-5-3-2-4-8(10,11)6-9/h2-6H2,1H3. The van der Waals surface area contributed by atoms with E-state index < -0.39 is 19.0 Å². The predicted octanol–water partition coefficient (Wildman–Crippen LogP) is 3.04. The summed E-state index contributed by atoms with van der Waals surface area (Å²) < 4.78 is 36.2. The molecule has 0 fully saturated rings. The molecule has 13 heavy (non-hydrogen) atoms. The normalized spacial score (nSPS) is 11.7. The Kier molecular flexibility index (Phi) is 6.20. The third-order valence-electron chi connectivity index (χ3n) is 1.44. The smallest absolute Gasteiger partial charge is 0.275 e. The molecular formula is C8H13F3OS. The lowest BCUT2D eigenvalue weighted by atomic mass is 10.2. The summed E-state index contributed by atoms with van der Waals surface area (Å²) in [6, 6.07) is 0. The Bertz CT molecular complexity index is 161. The molecule has 0 rings (SSSR count). The van der Waals surface area contributed by atoms with Gasteiger partial charge in [-0.3, -0.25) is 4.79 Å². The molecule has 0 amide bonds. The molecule has 0 atom stereocenters. The zero-order valence-corrected chi connectivity index (χ0v) is 8.30. The number of rotatable bonds is 6. The van der Waals surface area contributed by atoms with Crippen LogP contribution in [0.4, 0.5) is 13.2 Å². The molecule has 0 aromatic rings. The van der Waals surface area contributed by atoms with Crippen LogP contribution in [0.5, 0.6) is 0 Å². The quantitative estimate of drug-likeness (QED) is 0.632. The van der Waals surface area contributed by atoms with Crippen LogP contribution in [0.2, 0.25) is 0 Å². The lowest BCUT2D eigenvalue weighted by molar-refractivity contribution is -0.109. The molecule has 0 N–H and O–H groups in total. The number of carbonyl (C=O) groups excluding carboxylic acids is 1. The van der Waals surface area contributed by atoms with Gasteiger partial charge in [0.05, 0.1) is 0 Å². The average Bonchev–Trinajstić information content (AvgIpc) is 2.03. The van der Waals surface area contributed by atoms with Crippen LogP contribution in [0.1, 0.15) is 26.2 Å². The van der Waals surface area contributed by atoms with E-state index in [4.69, 9.17) is 0 Å². The van der Waals surface area contributed by atoms with Crippen molar-refractivity contribution in [2.75, 3.05) is 12.4 Å². The van der Waals surface area contributed by atoms with Gasteiger partial charge in [-0.2, -0.15) is 0 Å². The number of alkyl halides is 3. The Morgan fingerprint density at radius 2 is 2.00 bits per heavy atom. The van der Waals surface area contributed by atoms with Crippen molar-refractivity contribution in [3.8, 4) is 0 Å². The SMILES string of the molecule is CC(=O)SCCCCC(F)(F)CF. The minimum atomic E-state index is -3.18. The fourth-order valence-electron chi connectivity index (χ4n) is 0.768. The molecule has 0 aliphatic heterocycles. The molecule has 78 valence electrons. The van der Waals surface area contributed by atoms with Crippen molar-refractivity contribution in [3.05, 3.63) is 0 Å². The molecule has 0 spiro atoms. The highest BCUT2D eigenvalue weighted by molar-refractivity contribution is 8.13. The van der Waals surface area contributed by atoms with E-state index >= 15 is 0 Å². The molecule has 0 aliphatic rings. The van der Waals surface area contributed by atoms with E-state index in [9.17, 15) is 18.0 Å². The number of carbonyl (C=O) groups is 1. The second kappa shape index (κ2) is 6.29. The van der Waals surface area contributed by atoms with Gasteiger partial charge in [0.25, 0.3) is 5.92 Å². The van der Waals surface area contributed by atoms with Crippen LogP contribution in [0, 0.1) is 0 Å². The highest BCUT2D eigenvalue weighted by atomic mass is 32.2. The van der Waals surface area contributed by atoms with Crippen molar-refractivity contribution in [1.82, 2.24) is 0 Å². The third-order valence-corrected chi connectivity index (χ3v) is 2.34. The maximum absolute atomic E-state index is 12.3. The van der Waals surface area contributed by atoms with Crippen molar-refractivity contribution in [1.29, 1.82) is 0 Å². The largest absolute Gasteiger partial charge is 0.288 e. The van der Waals surface area contributed by atoms with E-state index in [-0.39, 0.29) is 11.5 Å². The number of thioether (sulfide) groups is 1. The molecule has 0 saturated heterocycles. The summed E-state index contributed by atoms with van der Waals surface area (Å²) >= 11 is 1.11. The Morgan fingerprint density at radius 3 is 2.46 bits per heavy atom. The van der Waals surface area contributed by atoms with Crippen LogP contribution in [-0.4, -0.2) is 23.5 Å². The van der Waals surface area contributed by atoms with Gasteiger partial charge in [-0.25, -0.2) is 13.2 Å². The minimum Gasteiger partial charge on any atom is -0.288 e. The summed E-state index contributed by atoms with van der Waals surface area (Å²) in [5, 5.41) is -0.0164. The Balaban J connectivity index is 3.30. The van der Waals surface area contributed by atoms with Gasteiger partial charge in [-0.15, -0.1) is 0 Å². The molecule has 0 aliphatic carbocycles. The summed E-state index contributed by atoms with van der Waals surface area (Å²) in [6.45, 7) is -0.159. The molecule has 0 aromatic carbocycles. The lowest BCUT2D eigenvalue weighted by Crippen LogP contribution is -2.18. The van der Waals surface area contributed by atoms with E-state index in [1.54, 1.807) is 0 Å². The lowest BCUT2D eigenvalue weighted by Gasteiger charge is -2.10. The number of hydrogen-bond donors (Lipinski definition) is 0. The molecule has 1 nitrogen and oxygen atoms in total. The Labute approximate surface area is 80.1 Å². The fraction of sp³-hybridized carbons (Fsp3) is 0.875. The van der Waals surface area contributed by atoms with Gasteiger partial charge in [-0.1, -0.05) is 11.8 Å². The molecule has 0 heterocycles. The number of halogens is 3. The highest BCUT2D eigenvalue weighted by Crippen LogP contribution is 2.22. The van der Waals surface area contributed by atoms with Gasteiger partial charge in [0, 0.05) is 19.1 Å². The number of unbranched alkanes of at least 4 members (excludes halogenated alkanes) is 1. The van der Waals surface area contributed by atoms with Crippen LogP contribution in [-0.2, 0) is 4.79 Å². The zero-order chi connectivity index (χ0) is 10.3. The first-order valence-corrected chi connectivity index (χ1v) is 5.03. The minimum absolute atomic E-state index is 0.0164. The molecule has 5 heteroatoms. The summed E-state index contributed by atoms with van der Waals surface area (Å²) in [6.07, 6.45) is 0.360. The Morgan fingerprint density at radius 1 is 1.38 bits per heavy atom. The van der Waals surface area contributed by atoms with E-state index in [2.05, 4.69) is 0 Å². The monoisotopic (exact) mass is 214 g/mol. The van der Waals surface area contributed by atoms with Gasteiger partial charge in [-0.05, 0) is 12.8 Å². The van der Waals surface area contributed by atoms with Gasteiger partial charge < -0.3 is 0 Å². The van der Waals surface area contributed by atoms with Gasteiger partial charge in [0.2, 0.25) is 0 Å². The maximum Gasteiger partial charge on any atom is 0.275 e. The van der Waals surface area contributed by atoms with E-state index in [0.29, 0.717) is 12.2 Å². The Hall–Kier alpha value is -0.190. The van der Waals surface area contributed by atoms with Gasteiger partial charge >= 0.3 is 0 Å². The van der Waals surface area contributed by atoms with Gasteiger partial charge in [0.1, 0.15) is 0 Å². The predicted molar refractivity (Wildman–Crippen MR) is 47.9 cm³/mol. The molecule has 0 saturated carbocycles. The van der Waals surface area contributed by atoms with Crippen LogP contribution in [0.15, 0.2) is 0 Å². The zero-order valence-electron chi connectivity index (χ0n) is 7.49. The van der Waals surface area contributed by atoms with Crippen LogP contribution in [0.3, 0.4) is 0 Å². The van der Waals surface area contributed by atoms with E-state index in [1.807, 2.05) is 0 Å². The first kappa shape index (κ1) is 12.8. The first-order valence-electron chi connectivity index (χ1n) is 4.05.